The van der Waals surface area contributed by atoms with Gasteiger partial charge >= 0.3 is 6.18 Å². The maximum absolute atomic E-state index is 13.1. The maximum atomic E-state index is 13.1. The van der Waals surface area contributed by atoms with E-state index in [9.17, 15) is 27.5 Å². The first-order chi connectivity index (χ1) is 14.5. The van der Waals surface area contributed by atoms with E-state index in [0.29, 0.717) is 17.3 Å². The topological polar surface area (TPSA) is 104 Å². The van der Waals surface area contributed by atoms with Gasteiger partial charge in [-0.15, -0.1) is 5.10 Å². The maximum Gasteiger partial charge on any atom is 0.417 e. The van der Waals surface area contributed by atoms with Crippen molar-refractivity contribution in [3.63, 3.8) is 0 Å². The number of aromatic nitrogens is 3. The number of halogens is 4. The molecule has 160 valence electrons. The molecule has 11 heteroatoms. The van der Waals surface area contributed by atoms with Gasteiger partial charge in [0.25, 0.3) is 5.91 Å². The van der Waals surface area contributed by atoms with Crippen LogP contribution >= 0.6 is 0 Å². The summed E-state index contributed by atoms with van der Waals surface area (Å²) in [4.78, 5) is 12.5. The molecule has 7 nitrogen and oxygen atoms in total. The zero-order valence-electron chi connectivity index (χ0n) is 16.0. The second-order valence-corrected chi connectivity index (χ2v) is 6.88. The quantitative estimate of drug-likeness (QED) is 0.601. The fraction of sp³-hybridized carbons (Fsp3) is 0.200. The highest BCUT2D eigenvalue weighted by atomic mass is 19.4. The number of hydrogen-bond donors (Lipinski definition) is 2. The van der Waals surface area contributed by atoms with Gasteiger partial charge in [0, 0.05) is 11.3 Å². The van der Waals surface area contributed by atoms with E-state index in [1.165, 1.54) is 41.2 Å². The number of nitrogens with zero attached hydrogens (tertiary/aromatic N) is 4. The Morgan fingerprint density at radius 3 is 2.52 bits per heavy atom. The van der Waals surface area contributed by atoms with Crippen LogP contribution < -0.4 is 5.32 Å². The van der Waals surface area contributed by atoms with Crippen molar-refractivity contribution in [2.45, 2.75) is 25.2 Å². The Kier molecular flexibility index (Phi) is 5.77. The van der Waals surface area contributed by atoms with Crippen molar-refractivity contribution in [2.24, 2.45) is 0 Å². The first-order valence-electron chi connectivity index (χ1n) is 8.81. The zero-order valence-corrected chi connectivity index (χ0v) is 16.0. The van der Waals surface area contributed by atoms with Gasteiger partial charge in [-0.05, 0) is 49.4 Å². The Morgan fingerprint density at radius 2 is 1.90 bits per heavy atom. The molecule has 2 aromatic carbocycles. The normalized spacial score (nSPS) is 13.3. The number of amides is 1. The summed E-state index contributed by atoms with van der Waals surface area (Å²) in [6.45, 7) is 0.778. The van der Waals surface area contributed by atoms with Crippen molar-refractivity contribution in [1.29, 1.82) is 5.26 Å². The lowest BCUT2D eigenvalue weighted by Crippen LogP contribution is -2.44. The molecule has 1 unspecified atom stereocenters. The molecule has 2 N–H and O–H groups in total. The SMILES string of the molecule is CC(O)(Cn1nncc1-c1ccc(F)cc1)C(=O)Nc1ccc(C#N)c(C(F)(F)F)c1. The molecule has 1 heterocycles. The van der Waals surface area contributed by atoms with Crippen molar-refractivity contribution in [1.82, 2.24) is 15.0 Å². The number of anilines is 1. The molecule has 0 aliphatic rings. The van der Waals surface area contributed by atoms with Crippen LogP contribution in [0.1, 0.15) is 18.1 Å². The third kappa shape index (κ3) is 4.87. The van der Waals surface area contributed by atoms with Crippen molar-refractivity contribution >= 4 is 11.6 Å². The molecule has 0 saturated heterocycles. The molecule has 0 saturated carbocycles. The van der Waals surface area contributed by atoms with Crippen LogP contribution in [0.4, 0.5) is 23.2 Å². The predicted molar refractivity (Wildman–Crippen MR) is 101 cm³/mol. The van der Waals surface area contributed by atoms with Gasteiger partial charge in [-0.25, -0.2) is 9.07 Å². The van der Waals surface area contributed by atoms with Crippen LogP contribution in [-0.2, 0) is 17.5 Å². The number of rotatable bonds is 5. The number of alkyl halides is 3. The minimum atomic E-state index is -4.79. The highest BCUT2D eigenvalue weighted by Crippen LogP contribution is 2.33. The summed E-state index contributed by atoms with van der Waals surface area (Å²) in [5, 5.41) is 29.2. The molecule has 1 atom stereocenters. The molecule has 0 aliphatic carbocycles. The number of benzene rings is 2. The summed E-state index contributed by atoms with van der Waals surface area (Å²) in [5.74, 6) is -1.44. The first kappa shape index (κ1) is 21.9. The van der Waals surface area contributed by atoms with Crippen LogP contribution in [0, 0.1) is 17.1 Å². The van der Waals surface area contributed by atoms with Crippen molar-refractivity contribution in [2.75, 3.05) is 5.32 Å². The Labute approximate surface area is 173 Å². The van der Waals surface area contributed by atoms with E-state index in [2.05, 4.69) is 15.6 Å². The lowest BCUT2D eigenvalue weighted by Gasteiger charge is -2.23. The van der Waals surface area contributed by atoms with Gasteiger partial charge in [0.2, 0.25) is 0 Å². The number of carbonyl (C=O) groups is 1. The van der Waals surface area contributed by atoms with E-state index in [1.807, 2.05) is 0 Å². The van der Waals surface area contributed by atoms with Crippen LogP contribution in [0.15, 0.2) is 48.7 Å². The Morgan fingerprint density at radius 1 is 1.23 bits per heavy atom. The van der Waals surface area contributed by atoms with Crippen molar-refractivity contribution < 1.29 is 27.5 Å². The zero-order chi connectivity index (χ0) is 22.8. The molecule has 1 aromatic heterocycles. The second-order valence-electron chi connectivity index (χ2n) is 6.88. The van der Waals surface area contributed by atoms with Gasteiger partial charge in [0.05, 0.1) is 35.6 Å². The largest absolute Gasteiger partial charge is 0.417 e. The van der Waals surface area contributed by atoms with Crippen molar-refractivity contribution in [3.05, 3.63) is 65.6 Å². The molecule has 3 aromatic rings. The van der Waals surface area contributed by atoms with Gasteiger partial charge in [-0.3, -0.25) is 4.79 Å². The highest BCUT2D eigenvalue weighted by molar-refractivity contribution is 5.97. The molecule has 31 heavy (non-hydrogen) atoms. The number of nitrogens with one attached hydrogen (secondary N) is 1. The fourth-order valence-electron chi connectivity index (χ4n) is 2.80. The van der Waals surface area contributed by atoms with Gasteiger partial charge in [0.15, 0.2) is 5.60 Å². The van der Waals surface area contributed by atoms with Crippen LogP contribution in [0.2, 0.25) is 0 Å². The van der Waals surface area contributed by atoms with Crippen LogP contribution in [0.5, 0.6) is 0 Å². The lowest BCUT2D eigenvalue weighted by molar-refractivity contribution is -0.138. The van der Waals surface area contributed by atoms with Crippen LogP contribution in [0.25, 0.3) is 11.3 Å². The van der Waals surface area contributed by atoms with Crippen molar-refractivity contribution in [3.8, 4) is 17.3 Å². The second kappa shape index (κ2) is 8.16. The molecule has 1 amide bonds. The minimum Gasteiger partial charge on any atom is -0.378 e. The summed E-state index contributed by atoms with van der Waals surface area (Å²) in [5.41, 5.74) is -3.20. The van der Waals surface area contributed by atoms with Gasteiger partial charge in [-0.2, -0.15) is 18.4 Å². The van der Waals surface area contributed by atoms with E-state index in [0.717, 1.165) is 19.1 Å². The monoisotopic (exact) mass is 433 g/mol. The van der Waals surface area contributed by atoms with Crippen LogP contribution in [-0.4, -0.2) is 31.6 Å². The Hall–Kier alpha value is -3.78. The number of nitriles is 1. The molecule has 0 fully saturated rings. The first-order valence-corrected chi connectivity index (χ1v) is 8.81. The summed E-state index contributed by atoms with van der Waals surface area (Å²) in [6, 6.07) is 9.49. The van der Waals surface area contributed by atoms with Gasteiger partial charge in [0.1, 0.15) is 5.82 Å². The molecule has 0 aliphatic heterocycles. The van der Waals surface area contributed by atoms with E-state index >= 15 is 0 Å². The number of hydrogen-bond acceptors (Lipinski definition) is 5. The number of aliphatic hydroxyl groups is 1. The highest BCUT2D eigenvalue weighted by Gasteiger charge is 2.35. The summed E-state index contributed by atoms with van der Waals surface area (Å²) >= 11 is 0. The molecular formula is C20H15F4N5O2. The van der Waals surface area contributed by atoms with E-state index in [-0.39, 0.29) is 12.2 Å². The summed E-state index contributed by atoms with van der Waals surface area (Å²) in [7, 11) is 0. The summed E-state index contributed by atoms with van der Waals surface area (Å²) in [6.07, 6.45) is -3.43. The Balaban J connectivity index is 1.81. The number of carbonyl (C=O) groups excluding carboxylic acids is 1. The molecule has 3 rings (SSSR count). The van der Waals surface area contributed by atoms with Gasteiger partial charge < -0.3 is 10.4 Å². The smallest absolute Gasteiger partial charge is 0.378 e. The van der Waals surface area contributed by atoms with E-state index in [1.54, 1.807) is 0 Å². The van der Waals surface area contributed by atoms with Crippen LogP contribution in [0.3, 0.4) is 0 Å². The average molecular weight is 433 g/mol. The average Bonchev–Trinajstić information content (AvgIpc) is 3.15. The summed E-state index contributed by atoms with van der Waals surface area (Å²) < 4.78 is 53.7. The Bertz CT molecular complexity index is 1150. The molecule has 0 spiro atoms. The molecular weight excluding hydrogens is 418 g/mol. The predicted octanol–water partition coefficient (Wildman–Crippen LogP) is 3.36. The van der Waals surface area contributed by atoms with Gasteiger partial charge in [-0.1, -0.05) is 5.21 Å². The molecule has 0 bridgehead atoms. The van der Waals surface area contributed by atoms with E-state index < -0.39 is 34.6 Å². The third-order valence-corrected chi connectivity index (χ3v) is 4.41. The standard InChI is InChI=1S/C20H15F4N5O2/c1-19(31,11-29-17(10-26-28-29)12-2-5-14(21)6-3-12)18(30)27-15-7-4-13(9-25)16(8-15)20(22,23)24/h2-8,10,31H,11H2,1H3,(H,27,30). The minimum absolute atomic E-state index is 0.242. The fourth-order valence-corrected chi connectivity index (χ4v) is 2.80. The molecule has 0 radical (unpaired) electrons. The van der Waals surface area contributed by atoms with E-state index in [4.69, 9.17) is 5.26 Å². The third-order valence-electron chi connectivity index (χ3n) is 4.41. The lowest BCUT2D eigenvalue weighted by atomic mass is 10.0.